The molecule has 1 fully saturated rings. The molecule has 1 atom stereocenters. The summed E-state index contributed by atoms with van der Waals surface area (Å²) in [4.78, 5) is 15.6. The Morgan fingerprint density at radius 1 is 1.58 bits per heavy atom. The Morgan fingerprint density at radius 3 is 3.00 bits per heavy atom. The topological polar surface area (TPSA) is 71.5 Å². The van der Waals surface area contributed by atoms with Gasteiger partial charge in [0.15, 0.2) is 0 Å². The van der Waals surface area contributed by atoms with E-state index in [2.05, 4.69) is 10.3 Å². The minimum atomic E-state index is -1.00. The fourth-order valence-corrected chi connectivity index (χ4v) is 2.16. The van der Waals surface area contributed by atoms with Gasteiger partial charge in [-0.25, -0.2) is 4.98 Å². The number of pyridine rings is 1. The Bertz CT molecular complexity index is 428. The standard InChI is InChI=1S/C14H20N2O3/c1-10(17)13(18)16-9-11-5-4-8-15-14(11)19-12-6-2-3-7-12/h4-5,8,10,12,17H,2-3,6-7,9H2,1H3,(H,16,18). The van der Waals surface area contributed by atoms with E-state index in [-0.39, 0.29) is 6.10 Å². The average Bonchev–Trinajstić information content (AvgIpc) is 2.90. The molecule has 1 aliphatic carbocycles. The highest BCUT2D eigenvalue weighted by Gasteiger charge is 2.18. The number of aliphatic hydroxyl groups is 1. The predicted octanol–water partition coefficient (Wildman–Crippen LogP) is 1.40. The lowest BCUT2D eigenvalue weighted by molar-refractivity contribution is -0.128. The quantitative estimate of drug-likeness (QED) is 0.843. The summed E-state index contributed by atoms with van der Waals surface area (Å²) in [5.74, 6) is 0.191. The summed E-state index contributed by atoms with van der Waals surface area (Å²) in [5.41, 5.74) is 0.836. The Labute approximate surface area is 113 Å². The number of ether oxygens (including phenoxy) is 1. The van der Waals surface area contributed by atoms with Gasteiger partial charge in [0.05, 0.1) is 0 Å². The van der Waals surface area contributed by atoms with Crippen molar-refractivity contribution in [2.75, 3.05) is 0 Å². The van der Waals surface area contributed by atoms with E-state index in [1.807, 2.05) is 12.1 Å². The second kappa shape index (κ2) is 6.52. The molecule has 19 heavy (non-hydrogen) atoms. The van der Waals surface area contributed by atoms with E-state index in [1.165, 1.54) is 19.8 Å². The highest BCUT2D eigenvalue weighted by molar-refractivity contribution is 5.79. The van der Waals surface area contributed by atoms with E-state index in [9.17, 15) is 4.79 Å². The fraction of sp³-hybridized carbons (Fsp3) is 0.571. The molecule has 0 saturated heterocycles. The first-order chi connectivity index (χ1) is 9.16. The number of carbonyl (C=O) groups excluding carboxylic acids is 1. The molecule has 1 amide bonds. The molecular weight excluding hydrogens is 244 g/mol. The minimum absolute atomic E-state index is 0.237. The molecule has 104 valence electrons. The SMILES string of the molecule is CC(O)C(=O)NCc1cccnc1OC1CCCC1. The van der Waals surface area contributed by atoms with Gasteiger partial charge in [0, 0.05) is 18.3 Å². The number of hydrogen-bond donors (Lipinski definition) is 2. The van der Waals surface area contributed by atoms with Gasteiger partial charge in [-0.3, -0.25) is 4.79 Å². The highest BCUT2D eigenvalue weighted by atomic mass is 16.5. The van der Waals surface area contributed by atoms with Crippen molar-refractivity contribution in [1.82, 2.24) is 10.3 Å². The summed E-state index contributed by atoms with van der Waals surface area (Å²) in [6.07, 6.45) is 5.45. The predicted molar refractivity (Wildman–Crippen MR) is 70.6 cm³/mol. The second-order valence-corrected chi connectivity index (χ2v) is 4.89. The van der Waals surface area contributed by atoms with E-state index in [0.717, 1.165) is 18.4 Å². The van der Waals surface area contributed by atoms with Crippen LogP contribution in [0.2, 0.25) is 0 Å². The number of aliphatic hydroxyl groups excluding tert-OH is 1. The lowest BCUT2D eigenvalue weighted by atomic mass is 10.2. The Kier molecular flexibility index (Phi) is 4.74. The van der Waals surface area contributed by atoms with Gasteiger partial charge in [0.25, 0.3) is 0 Å². The van der Waals surface area contributed by atoms with Crippen LogP contribution >= 0.6 is 0 Å². The van der Waals surface area contributed by atoms with Gasteiger partial charge in [-0.2, -0.15) is 0 Å². The van der Waals surface area contributed by atoms with Gasteiger partial charge in [-0.15, -0.1) is 0 Å². The van der Waals surface area contributed by atoms with Gasteiger partial charge in [0.2, 0.25) is 11.8 Å². The molecule has 1 heterocycles. The molecule has 5 nitrogen and oxygen atoms in total. The fourth-order valence-electron chi connectivity index (χ4n) is 2.16. The summed E-state index contributed by atoms with van der Waals surface area (Å²) in [5, 5.41) is 11.8. The normalized spacial score (nSPS) is 17.2. The van der Waals surface area contributed by atoms with Gasteiger partial charge in [0.1, 0.15) is 12.2 Å². The van der Waals surface area contributed by atoms with Crippen LogP contribution in [-0.4, -0.2) is 28.2 Å². The third kappa shape index (κ3) is 3.92. The van der Waals surface area contributed by atoms with Crippen LogP contribution in [0.4, 0.5) is 0 Å². The van der Waals surface area contributed by atoms with Crippen molar-refractivity contribution < 1.29 is 14.6 Å². The molecule has 0 aliphatic heterocycles. The number of nitrogens with zero attached hydrogens (tertiary/aromatic N) is 1. The zero-order valence-corrected chi connectivity index (χ0v) is 11.1. The van der Waals surface area contributed by atoms with Crippen molar-refractivity contribution in [3.63, 3.8) is 0 Å². The summed E-state index contributed by atoms with van der Waals surface area (Å²) >= 11 is 0. The van der Waals surface area contributed by atoms with E-state index in [4.69, 9.17) is 9.84 Å². The first-order valence-electron chi connectivity index (χ1n) is 6.73. The van der Waals surface area contributed by atoms with Crippen molar-refractivity contribution in [1.29, 1.82) is 0 Å². The maximum absolute atomic E-state index is 11.3. The zero-order chi connectivity index (χ0) is 13.7. The summed E-state index contributed by atoms with van der Waals surface area (Å²) in [7, 11) is 0. The smallest absolute Gasteiger partial charge is 0.248 e. The van der Waals surface area contributed by atoms with E-state index in [0.29, 0.717) is 12.4 Å². The summed E-state index contributed by atoms with van der Waals surface area (Å²) in [6, 6.07) is 3.69. The molecule has 1 unspecified atom stereocenters. The van der Waals surface area contributed by atoms with Gasteiger partial charge in [-0.05, 0) is 38.7 Å². The van der Waals surface area contributed by atoms with Crippen molar-refractivity contribution in [2.24, 2.45) is 0 Å². The third-order valence-corrected chi connectivity index (χ3v) is 3.26. The van der Waals surface area contributed by atoms with Crippen molar-refractivity contribution in [2.45, 2.75) is 51.4 Å². The molecule has 1 saturated carbocycles. The van der Waals surface area contributed by atoms with Crippen LogP contribution in [0.5, 0.6) is 5.88 Å². The first-order valence-corrected chi connectivity index (χ1v) is 6.73. The van der Waals surface area contributed by atoms with Gasteiger partial charge >= 0.3 is 0 Å². The highest BCUT2D eigenvalue weighted by Crippen LogP contribution is 2.24. The van der Waals surface area contributed by atoms with Crippen LogP contribution in [0, 0.1) is 0 Å². The number of hydrogen-bond acceptors (Lipinski definition) is 4. The number of nitrogens with one attached hydrogen (secondary N) is 1. The lowest BCUT2D eigenvalue weighted by Crippen LogP contribution is -2.32. The van der Waals surface area contributed by atoms with Crippen LogP contribution < -0.4 is 10.1 Å². The van der Waals surface area contributed by atoms with Crippen molar-refractivity contribution in [3.05, 3.63) is 23.9 Å². The number of aromatic nitrogens is 1. The van der Waals surface area contributed by atoms with Crippen LogP contribution in [0.25, 0.3) is 0 Å². The molecule has 0 aromatic carbocycles. The van der Waals surface area contributed by atoms with Gasteiger partial charge in [-0.1, -0.05) is 6.07 Å². The molecule has 1 aliphatic rings. The number of carbonyl (C=O) groups is 1. The number of rotatable bonds is 5. The third-order valence-electron chi connectivity index (χ3n) is 3.26. The van der Waals surface area contributed by atoms with Crippen LogP contribution in [0.3, 0.4) is 0 Å². The maximum Gasteiger partial charge on any atom is 0.248 e. The molecule has 1 aromatic rings. The molecule has 5 heteroatoms. The minimum Gasteiger partial charge on any atom is -0.474 e. The summed E-state index contributed by atoms with van der Waals surface area (Å²) < 4.78 is 5.87. The van der Waals surface area contributed by atoms with Crippen molar-refractivity contribution >= 4 is 5.91 Å². The lowest BCUT2D eigenvalue weighted by Gasteiger charge is -2.15. The first kappa shape index (κ1) is 13.8. The second-order valence-electron chi connectivity index (χ2n) is 4.89. The van der Waals surface area contributed by atoms with Crippen molar-refractivity contribution in [3.8, 4) is 5.88 Å². The largest absolute Gasteiger partial charge is 0.474 e. The molecule has 0 spiro atoms. The van der Waals surface area contributed by atoms with E-state index < -0.39 is 12.0 Å². The van der Waals surface area contributed by atoms with Crippen LogP contribution in [-0.2, 0) is 11.3 Å². The van der Waals surface area contributed by atoms with Crippen LogP contribution in [0.15, 0.2) is 18.3 Å². The van der Waals surface area contributed by atoms with E-state index >= 15 is 0 Å². The maximum atomic E-state index is 11.3. The average molecular weight is 264 g/mol. The molecule has 0 bridgehead atoms. The van der Waals surface area contributed by atoms with E-state index in [1.54, 1.807) is 6.20 Å². The van der Waals surface area contributed by atoms with Crippen LogP contribution in [0.1, 0.15) is 38.2 Å². The molecule has 1 aromatic heterocycles. The zero-order valence-electron chi connectivity index (χ0n) is 11.1. The molecular formula is C14H20N2O3. The molecule has 2 rings (SSSR count). The van der Waals surface area contributed by atoms with Gasteiger partial charge < -0.3 is 15.2 Å². The molecule has 2 N–H and O–H groups in total. The Balaban J connectivity index is 1.97. The Hall–Kier alpha value is -1.62. The Morgan fingerprint density at radius 2 is 2.32 bits per heavy atom. The summed E-state index contributed by atoms with van der Waals surface area (Å²) in [6.45, 7) is 1.76. The monoisotopic (exact) mass is 264 g/mol. The molecule has 0 radical (unpaired) electrons. The number of amides is 1.